The Morgan fingerprint density at radius 3 is 2.38 bits per heavy atom. The number of rotatable bonds is 11. The highest BCUT2D eigenvalue weighted by Crippen LogP contribution is 2.25. The van der Waals surface area contributed by atoms with Crippen molar-refractivity contribution >= 4 is 32.4 Å². The summed E-state index contributed by atoms with van der Waals surface area (Å²) in [5.74, 6) is 0.975. The maximum Gasteiger partial charge on any atom is 0.240 e. The van der Waals surface area contributed by atoms with E-state index in [1.54, 1.807) is 24.3 Å². The summed E-state index contributed by atoms with van der Waals surface area (Å²) >= 11 is 0. The fraction of sp³-hybridized carbons (Fsp3) is 0.292. The lowest BCUT2D eigenvalue weighted by Crippen LogP contribution is -2.41. The minimum Gasteiger partial charge on any atom is -0.494 e. The lowest BCUT2D eigenvalue weighted by Gasteiger charge is -2.22. The second-order valence-corrected chi connectivity index (χ2v) is 9.19. The van der Waals surface area contributed by atoms with Crippen LogP contribution >= 0.6 is 0 Å². The Morgan fingerprint density at radius 1 is 0.938 bits per heavy atom. The van der Waals surface area contributed by atoms with Crippen LogP contribution in [0.2, 0.25) is 0 Å². The van der Waals surface area contributed by atoms with E-state index in [1.165, 1.54) is 0 Å². The molecule has 0 aliphatic rings. The maximum absolute atomic E-state index is 12.4. The van der Waals surface area contributed by atoms with Gasteiger partial charge in [0, 0.05) is 5.39 Å². The number of nitrogens with one attached hydrogen (secondary N) is 1. The van der Waals surface area contributed by atoms with Crippen molar-refractivity contribution in [1.29, 1.82) is 0 Å². The molecule has 0 bridgehead atoms. The number of carbonyl (C=O) groups excluding carboxylic acids is 1. The van der Waals surface area contributed by atoms with Gasteiger partial charge in [-0.2, -0.15) is 0 Å². The minimum absolute atomic E-state index is 0.253. The molecular formula is C24H28N2O5S. The molecule has 0 saturated heterocycles. The van der Waals surface area contributed by atoms with Crippen LogP contribution in [0.5, 0.6) is 11.5 Å². The number of hydrogen-bond acceptors (Lipinski definition) is 5. The zero-order chi connectivity index (χ0) is 23.0. The molecule has 0 heterocycles. The molecule has 1 amide bonds. The van der Waals surface area contributed by atoms with E-state index >= 15 is 0 Å². The van der Waals surface area contributed by atoms with Crippen molar-refractivity contribution in [1.82, 2.24) is 5.32 Å². The highest BCUT2D eigenvalue weighted by atomic mass is 32.2. The van der Waals surface area contributed by atoms with Crippen LogP contribution in [-0.2, 0) is 14.8 Å². The van der Waals surface area contributed by atoms with Gasteiger partial charge in [0.05, 0.1) is 25.1 Å². The smallest absolute Gasteiger partial charge is 0.240 e. The maximum atomic E-state index is 12.4. The fourth-order valence-electron chi connectivity index (χ4n) is 3.19. The highest BCUT2D eigenvalue weighted by molar-refractivity contribution is 7.92. The summed E-state index contributed by atoms with van der Waals surface area (Å²) in [6.45, 7) is 2.79. The summed E-state index contributed by atoms with van der Waals surface area (Å²) < 4.78 is 36.9. The monoisotopic (exact) mass is 456 g/mol. The summed E-state index contributed by atoms with van der Waals surface area (Å²) in [6, 6.07) is 20.3. The first-order valence-corrected chi connectivity index (χ1v) is 12.3. The number of amides is 1. The second-order valence-electron chi connectivity index (χ2n) is 7.29. The number of ether oxygens (including phenoxy) is 2. The van der Waals surface area contributed by atoms with Crippen LogP contribution < -0.4 is 19.1 Å². The molecule has 0 aliphatic carbocycles. The number of carbonyl (C=O) groups is 1. The van der Waals surface area contributed by atoms with Crippen LogP contribution in [-0.4, -0.2) is 46.9 Å². The first-order chi connectivity index (χ1) is 15.4. The number of sulfonamides is 1. The molecule has 170 valence electrons. The third kappa shape index (κ3) is 6.37. The Labute approximate surface area is 189 Å². The summed E-state index contributed by atoms with van der Waals surface area (Å²) in [4.78, 5) is 12.4. The Kier molecular flexibility index (Phi) is 7.94. The van der Waals surface area contributed by atoms with Crippen LogP contribution in [0.1, 0.15) is 13.3 Å². The molecule has 3 aromatic carbocycles. The van der Waals surface area contributed by atoms with Gasteiger partial charge in [-0.05, 0) is 42.1 Å². The molecule has 0 unspecified atom stereocenters. The topological polar surface area (TPSA) is 84.9 Å². The molecule has 1 N–H and O–H groups in total. The van der Waals surface area contributed by atoms with E-state index in [0.29, 0.717) is 18.0 Å². The molecule has 3 rings (SSSR count). The van der Waals surface area contributed by atoms with Crippen molar-refractivity contribution in [2.24, 2.45) is 0 Å². The van der Waals surface area contributed by atoms with E-state index in [2.05, 4.69) is 5.32 Å². The molecule has 0 aromatic heterocycles. The van der Waals surface area contributed by atoms with Crippen molar-refractivity contribution in [3.63, 3.8) is 0 Å². The van der Waals surface area contributed by atoms with E-state index in [0.717, 1.165) is 33.5 Å². The van der Waals surface area contributed by atoms with E-state index in [4.69, 9.17) is 9.47 Å². The molecular weight excluding hydrogens is 428 g/mol. The SMILES string of the molecule is CCCOc1ccc(N(CC(=O)NCCOc2cccc3ccccc23)S(C)(=O)=O)cc1. The van der Waals surface area contributed by atoms with Crippen LogP contribution in [0.25, 0.3) is 10.8 Å². The summed E-state index contributed by atoms with van der Waals surface area (Å²) in [6.07, 6.45) is 1.95. The molecule has 0 aliphatic heterocycles. The third-order valence-electron chi connectivity index (χ3n) is 4.72. The largest absolute Gasteiger partial charge is 0.494 e. The van der Waals surface area contributed by atoms with Gasteiger partial charge in [0.2, 0.25) is 15.9 Å². The molecule has 0 spiro atoms. The summed E-state index contributed by atoms with van der Waals surface area (Å²) in [5, 5.41) is 4.79. The molecule has 0 saturated carbocycles. The van der Waals surface area contributed by atoms with E-state index in [1.807, 2.05) is 49.4 Å². The van der Waals surface area contributed by atoms with Crippen LogP contribution in [0.4, 0.5) is 5.69 Å². The molecule has 3 aromatic rings. The van der Waals surface area contributed by atoms with Gasteiger partial charge in [-0.3, -0.25) is 9.10 Å². The van der Waals surface area contributed by atoms with Crippen LogP contribution in [0.3, 0.4) is 0 Å². The van der Waals surface area contributed by atoms with Gasteiger partial charge in [-0.1, -0.05) is 43.3 Å². The second kappa shape index (κ2) is 10.9. The highest BCUT2D eigenvalue weighted by Gasteiger charge is 2.20. The average molecular weight is 457 g/mol. The van der Waals surface area contributed by atoms with Crippen molar-refractivity contribution in [3.8, 4) is 11.5 Å². The molecule has 32 heavy (non-hydrogen) atoms. The predicted molar refractivity (Wildman–Crippen MR) is 127 cm³/mol. The molecule has 8 heteroatoms. The molecule has 0 radical (unpaired) electrons. The summed E-state index contributed by atoms with van der Waals surface area (Å²) in [5.41, 5.74) is 0.401. The number of benzene rings is 3. The fourth-order valence-corrected chi connectivity index (χ4v) is 4.04. The van der Waals surface area contributed by atoms with Crippen molar-refractivity contribution in [2.75, 3.05) is 36.9 Å². The van der Waals surface area contributed by atoms with Gasteiger partial charge in [-0.15, -0.1) is 0 Å². The van der Waals surface area contributed by atoms with Gasteiger partial charge in [0.1, 0.15) is 24.7 Å². The van der Waals surface area contributed by atoms with Gasteiger partial charge in [0.15, 0.2) is 0 Å². The summed E-state index contributed by atoms with van der Waals surface area (Å²) in [7, 11) is -3.64. The zero-order valence-electron chi connectivity index (χ0n) is 18.3. The molecule has 0 atom stereocenters. The van der Waals surface area contributed by atoms with Crippen molar-refractivity contribution < 1.29 is 22.7 Å². The Morgan fingerprint density at radius 2 is 1.66 bits per heavy atom. The van der Waals surface area contributed by atoms with Crippen LogP contribution in [0.15, 0.2) is 66.7 Å². The lowest BCUT2D eigenvalue weighted by atomic mass is 10.1. The molecule has 0 fully saturated rings. The van der Waals surface area contributed by atoms with E-state index in [-0.39, 0.29) is 19.7 Å². The van der Waals surface area contributed by atoms with Gasteiger partial charge >= 0.3 is 0 Å². The predicted octanol–water partition coefficient (Wildman–Crippen LogP) is 3.59. The minimum atomic E-state index is -3.64. The van der Waals surface area contributed by atoms with Gasteiger partial charge in [0.25, 0.3) is 0 Å². The molecule has 7 nitrogen and oxygen atoms in total. The zero-order valence-corrected chi connectivity index (χ0v) is 19.1. The lowest BCUT2D eigenvalue weighted by molar-refractivity contribution is -0.119. The average Bonchev–Trinajstić information content (AvgIpc) is 2.78. The quantitative estimate of drug-likeness (QED) is 0.446. The van der Waals surface area contributed by atoms with Gasteiger partial charge < -0.3 is 14.8 Å². The first kappa shape index (κ1) is 23.4. The normalized spacial score (nSPS) is 11.2. The van der Waals surface area contributed by atoms with Gasteiger partial charge in [-0.25, -0.2) is 8.42 Å². The number of anilines is 1. The standard InChI is InChI=1S/C24H28N2O5S/c1-3-16-30-21-13-11-20(12-14-21)26(32(2,28)29)18-24(27)25-15-17-31-23-10-6-8-19-7-4-5-9-22(19)23/h4-14H,3,15-18H2,1-2H3,(H,25,27). The first-order valence-electron chi connectivity index (χ1n) is 10.5. The Balaban J connectivity index is 1.55. The van der Waals surface area contributed by atoms with Crippen molar-refractivity contribution in [2.45, 2.75) is 13.3 Å². The third-order valence-corrected chi connectivity index (χ3v) is 5.86. The van der Waals surface area contributed by atoms with Crippen molar-refractivity contribution in [3.05, 3.63) is 66.7 Å². The Bertz CT molecular complexity index is 1140. The number of hydrogen-bond donors (Lipinski definition) is 1. The van der Waals surface area contributed by atoms with Crippen LogP contribution in [0, 0.1) is 0 Å². The Hall–Kier alpha value is -3.26. The van der Waals surface area contributed by atoms with E-state index in [9.17, 15) is 13.2 Å². The van der Waals surface area contributed by atoms with E-state index < -0.39 is 15.9 Å². The number of nitrogens with zero attached hydrogens (tertiary/aromatic N) is 1. The number of fused-ring (bicyclic) bond motifs is 1.